The van der Waals surface area contributed by atoms with Gasteiger partial charge in [0.1, 0.15) is 0 Å². The van der Waals surface area contributed by atoms with E-state index < -0.39 is 12.1 Å². The summed E-state index contributed by atoms with van der Waals surface area (Å²) < 4.78 is 5.49. The van der Waals surface area contributed by atoms with Crippen LogP contribution in [0.25, 0.3) is 0 Å². The van der Waals surface area contributed by atoms with Gasteiger partial charge in [0.2, 0.25) is 5.91 Å². The molecule has 80 heavy (non-hydrogen) atoms. The second-order valence-electron chi connectivity index (χ2n) is 25.3. The number of carbonyl (C=O) groups excluding carboxylic acids is 2. The fourth-order valence-electron chi connectivity index (χ4n) is 11.6. The zero-order valence-electron chi connectivity index (χ0n) is 54.3. The zero-order chi connectivity index (χ0) is 57.8. The van der Waals surface area contributed by atoms with E-state index in [4.69, 9.17) is 4.74 Å². The quantitative estimate of drug-likeness (QED) is 0.0320. The Balaban J connectivity index is 3.39. The number of nitrogens with one attached hydrogen (secondary N) is 1. The van der Waals surface area contributed by atoms with Gasteiger partial charge in [0.05, 0.1) is 25.4 Å². The van der Waals surface area contributed by atoms with E-state index in [0.29, 0.717) is 25.9 Å². The number of aliphatic hydroxyl groups excluding tert-OH is 2. The predicted molar refractivity (Wildman–Crippen MR) is 352 cm³/mol. The summed E-state index contributed by atoms with van der Waals surface area (Å²) in [7, 11) is 0. The van der Waals surface area contributed by atoms with Crippen LogP contribution in [0.3, 0.4) is 0 Å². The van der Waals surface area contributed by atoms with Crippen LogP contribution in [-0.4, -0.2) is 47.4 Å². The van der Waals surface area contributed by atoms with Crippen molar-refractivity contribution in [2.24, 2.45) is 0 Å². The fraction of sp³-hybridized carbons (Fsp3) is 0.919. The highest BCUT2D eigenvalue weighted by atomic mass is 16.5. The van der Waals surface area contributed by atoms with Crippen LogP contribution >= 0.6 is 0 Å². The fourth-order valence-corrected chi connectivity index (χ4v) is 11.6. The van der Waals surface area contributed by atoms with Crippen LogP contribution in [0.5, 0.6) is 0 Å². The van der Waals surface area contributed by atoms with E-state index >= 15 is 0 Å². The number of esters is 1. The average molecular weight is 1130 g/mol. The van der Waals surface area contributed by atoms with Gasteiger partial charge in [-0.15, -0.1) is 0 Å². The third-order valence-electron chi connectivity index (χ3n) is 17.2. The number of hydrogen-bond donors (Lipinski definition) is 3. The SMILES string of the molecule is CCCCCCCCC/C=C\CCCCCCCC(=O)OCCCCCCCCCCCCCC/C=C\CCCCCCCCCCCCC(=O)NC(CO)C(O)CCCCCCCCCCCCCCCCCCCCCCC. The zero-order valence-corrected chi connectivity index (χ0v) is 54.3. The number of amides is 1. The number of ether oxygens (including phenoxy) is 1. The van der Waals surface area contributed by atoms with Gasteiger partial charge in [0.15, 0.2) is 0 Å². The smallest absolute Gasteiger partial charge is 0.305 e. The minimum Gasteiger partial charge on any atom is -0.466 e. The van der Waals surface area contributed by atoms with Crippen molar-refractivity contribution in [1.82, 2.24) is 5.32 Å². The van der Waals surface area contributed by atoms with E-state index in [1.807, 2.05) is 0 Å². The van der Waals surface area contributed by atoms with Gasteiger partial charge in [-0.1, -0.05) is 346 Å². The lowest BCUT2D eigenvalue weighted by atomic mass is 10.0. The Hall–Kier alpha value is -1.66. The molecule has 2 atom stereocenters. The molecule has 6 nitrogen and oxygen atoms in total. The average Bonchev–Trinajstić information content (AvgIpc) is 3.46. The summed E-state index contributed by atoms with van der Waals surface area (Å²) >= 11 is 0. The molecule has 0 fully saturated rings. The van der Waals surface area contributed by atoms with Gasteiger partial charge < -0.3 is 20.3 Å². The van der Waals surface area contributed by atoms with E-state index in [1.54, 1.807) is 0 Å². The van der Waals surface area contributed by atoms with Crippen molar-refractivity contribution in [3.8, 4) is 0 Å². The maximum Gasteiger partial charge on any atom is 0.305 e. The van der Waals surface area contributed by atoms with Gasteiger partial charge in [-0.3, -0.25) is 9.59 Å². The Bertz CT molecular complexity index is 1250. The summed E-state index contributed by atoms with van der Waals surface area (Å²) in [6.45, 7) is 4.99. The number of allylic oxidation sites excluding steroid dienone is 4. The molecule has 0 aliphatic rings. The van der Waals surface area contributed by atoms with Crippen molar-refractivity contribution >= 4 is 11.9 Å². The first-order chi connectivity index (χ1) is 39.5. The van der Waals surface area contributed by atoms with Crippen LogP contribution in [0.1, 0.15) is 412 Å². The normalized spacial score (nSPS) is 12.6. The molecule has 0 rings (SSSR count). The van der Waals surface area contributed by atoms with E-state index in [-0.39, 0.29) is 18.5 Å². The Kier molecular flexibility index (Phi) is 68.4. The van der Waals surface area contributed by atoms with Crippen LogP contribution in [0.4, 0.5) is 0 Å². The largest absolute Gasteiger partial charge is 0.466 e. The molecule has 2 unspecified atom stereocenters. The molecule has 0 spiro atoms. The lowest BCUT2D eigenvalue weighted by Gasteiger charge is -2.22. The van der Waals surface area contributed by atoms with Crippen molar-refractivity contribution in [2.75, 3.05) is 13.2 Å². The molecular weight excluding hydrogens is 983 g/mol. The van der Waals surface area contributed by atoms with E-state index in [1.165, 1.54) is 334 Å². The molecule has 0 bridgehead atoms. The standard InChI is InChI=1S/C74H143NO5/c1-3-5-7-9-11-13-15-17-19-21-22-29-32-35-38-42-46-50-54-58-62-66-72(77)71(70-76)75-73(78)67-63-59-55-51-47-43-39-36-33-30-27-25-23-24-26-28-31-34-37-41-45-49-53-57-61-65-69-80-74(79)68-64-60-56-52-48-44-40-20-18-16-14-12-10-8-6-4-2/h20,23,25,40,71-72,76-77H,3-19,21-22,24,26-39,41-70H2,1-2H3,(H,75,78)/b25-23-,40-20-. The van der Waals surface area contributed by atoms with Crippen LogP contribution in [0.2, 0.25) is 0 Å². The molecule has 1 amide bonds. The Morgan fingerprint density at radius 2 is 0.588 bits per heavy atom. The first-order valence-corrected chi connectivity index (χ1v) is 36.6. The second kappa shape index (κ2) is 69.8. The maximum atomic E-state index is 12.5. The van der Waals surface area contributed by atoms with Crippen molar-refractivity contribution in [3.05, 3.63) is 24.3 Å². The third-order valence-corrected chi connectivity index (χ3v) is 17.2. The van der Waals surface area contributed by atoms with Crippen molar-refractivity contribution in [3.63, 3.8) is 0 Å². The highest BCUT2D eigenvalue weighted by Crippen LogP contribution is 2.19. The molecule has 0 radical (unpaired) electrons. The van der Waals surface area contributed by atoms with Crippen molar-refractivity contribution in [2.45, 2.75) is 424 Å². The molecule has 0 aliphatic heterocycles. The monoisotopic (exact) mass is 1130 g/mol. The summed E-state index contributed by atoms with van der Waals surface area (Å²) in [4.78, 5) is 24.6. The molecule has 0 heterocycles. The molecule has 474 valence electrons. The maximum absolute atomic E-state index is 12.5. The van der Waals surface area contributed by atoms with Crippen molar-refractivity contribution < 1.29 is 24.5 Å². The van der Waals surface area contributed by atoms with Gasteiger partial charge in [0.25, 0.3) is 0 Å². The summed E-state index contributed by atoms with van der Waals surface area (Å²) in [5.74, 6) is -0.0245. The van der Waals surface area contributed by atoms with E-state index in [9.17, 15) is 19.8 Å². The number of rotatable bonds is 69. The number of carbonyl (C=O) groups is 2. The van der Waals surface area contributed by atoms with Gasteiger partial charge in [0, 0.05) is 12.8 Å². The second-order valence-corrected chi connectivity index (χ2v) is 25.3. The molecule has 0 saturated heterocycles. The molecule has 0 aliphatic carbocycles. The van der Waals surface area contributed by atoms with Gasteiger partial charge in [-0.2, -0.15) is 0 Å². The number of hydrogen-bond acceptors (Lipinski definition) is 5. The lowest BCUT2D eigenvalue weighted by molar-refractivity contribution is -0.143. The molecule has 0 aromatic heterocycles. The first kappa shape index (κ1) is 78.3. The number of unbranched alkanes of at least 4 members (excludes halogenated alkanes) is 54. The summed E-state index contributed by atoms with van der Waals surface area (Å²) in [6.07, 6.45) is 88.0. The Morgan fingerprint density at radius 3 is 0.887 bits per heavy atom. The summed E-state index contributed by atoms with van der Waals surface area (Å²) in [5.41, 5.74) is 0. The van der Waals surface area contributed by atoms with Crippen molar-refractivity contribution in [1.29, 1.82) is 0 Å². The third kappa shape index (κ3) is 65.5. The number of aliphatic hydroxyl groups is 2. The summed E-state index contributed by atoms with van der Waals surface area (Å²) in [5, 5.41) is 23.4. The van der Waals surface area contributed by atoms with E-state index in [2.05, 4.69) is 43.5 Å². The minimum absolute atomic E-state index is 0.00789. The first-order valence-electron chi connectivity index (χ1n) is 36.6. The Labute approximate surface area is 501 Å². The molecule has 6 heteroatoms. The highest BCUT2D eigenvalue weighted by Gasteiger charge is 2.20. The van der Waals surface area contributed by atoms with Gasteiger partial charge >= 0.3 is 5.97 Å². The van der Waals surface area contributed by atoms with Crippen LogP contribution in [0.15, 0.2) is 24.3 Å². The minimum atomic E-state index is -0.667. The van der Waals surface area contributed by atoms with Gasteiger partial charge in [-0.05, 0) is 77.0 Å². The molecular formula is C74H143NO5. The van der Waals surface area contributed by atoms with Crippen LogP contribution in [-0.2, 0) is 14.3 Å². The molecule has 0 aromatic carbocycles. The summed E-state index contributed by atoms with van der Waals surface area (Å²) in [6, 6.07) is -0.544. The Morgan fingerprint density at radius 1 is 0.338 bits per heavy atom. The lowest BCUT2D eigenvalue weighted by Crippen LogP contribution is -2.45. The predicted octanol–water partition coefficient (Wildman–Crippen LogP) is 23.7. The van der Waals surface area contributed by atoms with E-state index in [0.717, 1.165) is 44.9 Å². The molecule has 3 N–H and O–H groups in total. The van der Waals surface area contributed by atoms with Crippen LogP contribution < -0.4 is 5.32 Å². The highest BCUT2D eigenvalue weighted by molar-refractivity contribution is 5.76. The topological polar surface area (TPSA) is 95.9 Å². The van der Waals surface area contributed by atoms with Gasteiger partial charge in [-0.25, -0.2) is 0 Å². The molecule has 0 saturated carbocycles. The molecule has 0 aromatic rings. The van der Waals surface area contributed by atoms with Crippen LogP contribution in [0, 0.1) is 0 Å².